The second-order valence-electron chi connectivity index (χ2n) is 8.71. The summed E-state index contributed by atoms with van der Waals surface area (Å²) >= 11 is 0. The lowest BCUT2D eigenvalue weighted by molar-refractivity contribution is -0.385. The maximum absolute atomic E-state index is 11.8. The van der Waals surface area contributed by atoms with Gasteiger partial charge in [0.15, 0.2) is 12.2 Å². The summed E-state index contributed by atoms with van der Waals surface area (Å²) in [5, 5.41) is 11.8. The number of benzene rings is 2. The average molecular weight is 423 g/mol. The van der Waals surface area contributed by atoms with Crippen LogP contribution in [0, 0.1) is 16.0 Å². The molecule has 3 heterocycles. The van der Waals surface area contributed by atoms with Crippen LogP contribution in [0.4, 0.5) is 5.69 Å². The monoisotopic (exact) mass is 423 g/mol. The zero-order valence-corrected chi connectivity index (χ0v) is 16.9. The Hall–Kier alpha value is -4.07. The summed E-state index contributed by atoms with van der Waals surface area (Å²) in [5.74, 6) is 1.36. The van der Waals surface area contributed by atoms with Gasteiger partial charge in [-0.05, 0) is 47.9 Å². The number of hydrogen-bond donors (Lipinski definition) is 0. The lowest BCUT2D eigenvalue weighted by atomic mass is 9.94. The topological polar surface area (TPSA) is 99.3 Å². The number of para-hydroxylation sites is 1. The van der Waals surface area contributed by atoms with Gasteiger partial charge in [0, 0.05) is 11.6 Å². The molecular formula is C24H17N5O3. The lowest BCUT2D eigenvalue weighted by Crippen LogP contribution is -2.11. The first-order valence-corrected chi connectivity index (χ1v) is 10.5. The molecule has 0 N–H and O–H groups in total. The van der Waals surface area contributed by atoms with Crippen molar-refractivity contribution in [2.45, 2.75) is 24.8 Å². The van der Waals surface area contributed by atoms with Crippen LogP contribution in [0.15, 0.2) is 70.8 Å². The normalized spacial score (nSPS) is 22.2. The van der Waals surface area contributed by atoms with Crippen LogP contribution in [0.25, 0.3) is 17.1 Å². The Kier molecular flexibility index (Phi) is 3.30. The van der Waals surface area contributed by atoms with E-state index >= 15 is 0 Å². The molecule has 4 aromatic rings. The Bertz CT molecular complexity index is 1440. The van der Waals surface area contributed by atoms with Crippen LogP contribution in [0.1, 0.15) is 35.2 Å². The smallest absolute Gasteiger partial charge is 0.278 e. The van der Waals surface area contributed by atoms with Crippen molar-refractivity contribution in [2.75, 3.05) is 0 Å². The van der Waals surface area contributed by atoms with Crippen LogP contribution < -0.4 is 0 Å². The van der Waals surface area contributed by atoms with E-state index in [9.17, 15) is 10.1 Å². The van der Waals surface area contributed by atoms with E-state index < -0.39 is 0 Å². The maximum atomic E-state index is 11.8. The first kappa shape index (κ1) is 17.6. The molecule has 8 heteroatoms. The van der Waals surface area contributed by atoms with Crippen LogP contribution in [-0.4, -0.2) is 25.2 Å². The molecule has 8 nitrogen and oxygen atoms in total. The molecule has 1 aliphatic heterocycles. The minimum absolute atomic E-state index is 0.0525. The molecule has 2 aromatic heterocycles. The first-order chi connectivity index (χ1) is 15.7. The Morgan fingerprint density at radius 3 is 2.75 bits per heavy atom. The van der Waals surface area contributed by atoms with Gasteiger partial charge in [-0.3, -0.25) is 19.7 Å². The average Bonchev–Trinajstić information content (AvgIpc) is 3.53. The van der Waals surface area contributed by atoms with Gasteiger partial charge < -0.3 is 4.42 Å². The fourth-order valence-electron chi connectivity index (χ4n) is 4.99. The number of nitro groups is 1. The van der Waals surface area contributed by atoms with E-state index in [2.05, 4.69) is 28.2 Å². The van der Waals surface area contributed by atoms with E-state index in [1.54, 1.807) is 24.7 Å². The third-order valence-corrected chi connectivity index (χ3v) is 7.04. The van der Waals surface area contributed by atoms with Gasteiger partial charge in [0.25, 0.3) is 5.69 Å². The predicted octanol–water partition coefficient (Wildman–Crippen LogP) is 4.45. The Balaban J connectivity index is 1.47. The molecule has 0 atom stereocenters. The van der Waals surface area contributed by atoms with E-state index in [4.69, 9.17) is 9.41 Å². The van der Waals surface area contributed by atoms with E-state index in [1.807, 2.05) is 10.6 Å². The third kappa shape index (κ3) is 2.34. The van der Waals surface area contributed by atoms with Gasteiger partial charge in [0.2, 0.25) is 0 Å². The summed E-state index contributed by atoms with van der Waals surface area (Å²) in [7, 11) is 0. The zero-order chi connectivity index (χ0) is 21.4. The number of aliphatic imine (C=N–C) groups is 1. The molecular weight excluding hydrogens is 406 g/mol. The van der Waals surface area contributed by atoms with Gasteiger partial charge in [-0.25, -0.2) is 9.97 Å². The highest BCUT2D eigenvalue weighted by Gasteiger charge is 2.70. The van der Waals surface area contributed by atoms with Gasteiger partial charge in [-0.2, -0.15) is 0 Å². The maximum Gasteiger partial charge on any atom is 0.278 e. The summed E-state index contributed by atoms with van der Waals surface area (Å²) in [6.45, 7) is 0.315. The van der Waals surface area contributed by atoms with Gasteiger partial charge >= 0.3 is 0 Å². The van der Waals surface area contributed by atoms with Crippen molar-refractivity contribution >= 4 is 11.4 Å². The molecule has 7 rings (SSSR count). The van der Waals surface area contributed by atoms with E-state index in [-0.39, 0.29) is 10.6 Å². The van der Waals surface area contributed by atoms with Crippen molar-refractivity contribution in [3.8, 4) is 17.1 Å². The molecule has 0 radical (unpaired) electrons. The largest absolute Gasteiger partial charge is 0.442 e. The molecule has 0 amide bonds. The second-order valence-corrected chi connectivity index (χ2v) is 8.71. The Morgan fingerprint density at radius 1 is 1.16 bits per heavy atom. The van der Waals surface area contributed by atoms with Crippen molar-refractivity contribution < 1.29 is 9.34 Å². The fourth-order valence-corrected chi connectivity index (χ4v) is 4.99. The molecule has 0 saturated heterocycles. The van der Waals surface area contributed by atoms with Crippen LogP contribution in [-0.2, 0) is 12.0 Å². The quantitative estimate of drug-likeness (QED) is 0.357. The molecule has 3 aliphatic rings. The number of nitro benzene ring substituents is 1. The Labute approximate surface area is 182 Å². The van der Waals surface area contributed by atoms with Crippen molar-refractivity contribution in [3.63, 3.8) is 0 Å². The molecule has 2 fully saturated rings. The van der Waals surface area contributed by atoms with Crippen LogP contribution in [0.3, 0.4) is 0 Å². The number of oxazole rings is 1. The summed E-state index contributed by atoms with van der Waals surface area (Å²) in [6, 6.07) is 13.3. The number of hydrogen-bond acceptors (Lipinski definition) is 6. The molecule has 0 unspecified atom stereocenters. The number of aromatic nitrogens is 3. The van der Waals surface area contributed by atoms with E-state index in [0.717, 1.165) is 22.9 Å². The van der Waals surface area contributed by atoms with Crippen LogP contribution >= 0.6 is 0 Å². The van der Waals surface area contributed by atoms with Gasteiger partial charge in [-0.1, -0.05) is 18.2 Å². The molecule has 2 saturated carbocycles. The fraction of sp³-hybridized carbons (Fsp3) is 0.208. The summed E-state index contributed by atoms with van der Waals surface area (Å²) in [5.41, 5.74) is 6.16. The SMILES string of the molecule is O=[N+]([O-])c1ccccc1C1=NCc2c(-c3cnco3)ncn2-c2ccc([C@]34C[C@H]3C4)cc21. The van der Waals surface area contributed by atoms with Gasteiger partial charge in [0.1, 0.15) is 12.0 Å². The third-order valence-electron chi connectivity index (χ3n) is 7.04. The second kappa shape index (κ2) is 6.00. The highest BCUT2D eigenvalue weighted by Crippen LogP contribution is 2.75. The van der Waals surface area contributed by atoms with Crippen molar-refractivity contribution in [3.05, 3.63) is 93.9 Å². The summed E-state index contributed by atoms with van der Waals surface area (Å²) < 4.78 is 7.50. The first-order valence-electron chi connectivity index (χ1n) is 10.5. The molecule has 156 valence electrons. The molecule has 2 aromatic carbocycles. The van der Waals surface area contributed by atoms with Crippen molar-refractivity contribution in [1.29, 1.82) is 0 Å². The predicted molar refractivity (Wildman–Crippen MR) is 116 cm³/mol. The number of fused-ring (bicyclic) bond motifs is 4. The molecule has 32 heavy (non-hydrogen) atoms. The summed E-state index contributed by atoms with van der Waals surface area (Å²) in [6.07, 6.45) is 7.23. The standard InChI is InChI=1S/C24H17N5O3/c30-29(31)19-4-2-1-3-16(19)22-17-7-14(24-8-15(24)9-24)5-6-18(17)28-12-27-23(20(28)10-26-22)21-11-25-13-32-21/h1-7,11-13,15H,8-10H2/t15-,24+. The van der Waals surface area contributed by atoms with E-state index in [1.165, 1.54) is 30.9 Å². The van der Waals surface area contributed by atoms with E-state index in [0.29, 0.717) is 34.7 Å². The van der Waals surface area contributed by atoms with Crippen LogP contribution in [0.5, 0.6) is 0 Å². The minimum Gasteiger partial charge on any atom is -0.442 e. The highest BCUT2D eigenvalue weighted by molar-refractivity contribution is 6.17. The number of nitrogens with zero attached hydrogens (tertiary/aromatic N) is 5. The molecule has 0 spiro atoms. The van der Waals surface area contributed by atoms with Gasteiger partial charge in [-0.15, -0.1) is 0 Å². The molecule has 2 aliphatic carbocycles. The highest BCUT2D eigenvalue weighted by atomic mass is 16.6. The molecule has 0 bridgehead atoms. The Morgan fingerprint density at radius 2 is 2.00 bits per heavy atom. The zero-order valence-electron chi connectivity index (χ0n) is 16.9. The van der Waals surface area contributed by atoms with Crippen molar-refractivity contribution in [2.24, 2.45) is 10.9 Å². The number of rotatable bonds is 4. The van der Waals surface area contributed by atoms with Crippen LogP contribution in [0.2, 0.25) is 0 Å². The lowest BCUT2D eigenvalue weighted by Gasteiger charge is -2.15. The minimum atomic E-state index is -0.343. The number of imidazole rings is 1. The van der Waals surface area contributed by atoms with Gasteiger partial charge in [0.05, 0.1) is 40.3 Å². The summed E-state index contributed by atoms with van der Waals surface area (Å²) in [4.78, 5) is 24.9. The van der Waals surface area contributed by atoms with Crippen molar-refractivity contribution in [1.82, 2.24) is 14.5 Å².